The van der Waals surface area contributed by atoms with Crippen LogP contribution in [0.3, 0.4) is 0 Å². The first-order chi connectivity index (χ1) is 19.0. The van der Waals surface area contributed by atoms with Gasteiger partial charge >= 0.3 is 7.59 Å². The molecule has 0 N–H and O–H groups in total. The molecule has 1 fully saturated rings. The fourth-order valence-electron chi connectivity index (χ4n) is 5.27. The molecule has 1 aliphatic heterocycles. The normalized spacial score (nSPS) is 15.9. The highest BCUT2D eigenvalue weighted by Gasteiger charge is 2.43. The van der Waals surface area contributed by atoms with Crippen molar-refractivity contribution in [3.8, 4) is 0 Å². The Bertz CT molecular complexity index is 1670. The SMILES string of the molecule is O=[N+]([O-])c1cccc(/C=N/P2(=O)N(Cc3cccc4ccccc34)CCN2Cc2cccc3ccccc23)c1. The maximum Gasteiger partial charge on any atom is 0.330 e. The summed E-state index contributed by atoms with van der Waals surface area (Å²) < 4.78 is 23.5. The molecule has 5 aromatic rings. The number of benzene rings is 5. The molecule has 1 saturated heterocycles. The summed E-state index contributed by atoms with van der Waals surface area (Å²) in [6.45, 7) is 2.16. The van der Waals surface area contributed by atoms with Crippen LogP contribution in [0.25, 0.3) is 21.5 Å². The van der Waals surface area contributed by atoms with E-state index >= 15 is 0 Å². The number of fused-ring (bicyclic) bond motifs is 2. The number of nitro groups is 1. The molecule has 39 heavy (non-hydrogen) atoms. The molecule has 0 saturated carbocycles. The van der Waals surface area contributed by atoms with Crippen LogP contribution in [-0.4, -0.2) is 33.6 Å². The Hall–Kier alpha value is -4.16. The highest BCUT2D eigenvalue weighted by atomic mass is 31.2. The molecule has 0 unspecified atom stereocenters. The Morgan fingerprint density at radius 3 is 1.82 bits per heavy atom. The van der Waals surface area contributed by atoms with E-state index in [1.165, 1.54) is 18.3 Å². The Labute approximate surface area is 226 Å². The number of hydrogen-bond donors (Lipinski definition) is 0. The Morgan fingerprint density at radius 2 is 1.26 bits per heavy atom. The zero-order chi connectivity index (χ0) is 26.8. The third-order valence-electron chi connectivity index (χ3n) is 7.26. The summed E-state index contributed by atoms with van der Waals surface area (Å²) in [5.74, 6) is 0. The highest BCUT2D eigenvalue weighted by Crippen LogP contribution is 2.59. The van der Waals surface area contributed by atoms with E-state index in [0.29, 0.717) is 31.7 Å². The van der Waals surface area contributed by atoms with E-state index in [0.717, 1.165) is 32.7 Å². The Balaban J connectivity index is 1.38. The van der Waals surface area contributed by atoms with Crippen molar-refractivity contribution < 1.29 is 9.49 Å². The molecule has 194 valence electrons. The largest absolute Gasteiger partial charge is 0.330 e. The van der Waals surface area contributed by atoms with Crippen molar-refractivity contribution in [1.82, 2.24) is 9.34 Å². The fraction of sp³-hybridized carbons (Fsp3) is 0.129. The number of hydrogen-bond acceptors (Lipinski definition) is 3. The second-order valence-corrected chi connectivity index (χ2v) is 12.1. The minimum atomic E-state index is -3.42. The zero-order valence-electron chi connectivity index (χ0n) is 21.3. The van der Waals surface area contributed by atoms with Gasteiger partial charge in [0.25, 0.3) is 5.69 Å². The lowest BCUT2D eigenvalue weighted by Gasteiger charge is -2.27. The molecule has 0 atom stereocenters. The quantitative estimate of drug-likeness (QED) is 0.0938. The molecule has 1 aliphatic rings. The summed E-state index contributed by atoms with van der Waals surface area (Å²) in [6.07, 6.45) is 1.52. The zero-order valence-corrected chi connectivity index (χ0v) is 22.2. The van der Waals surface area contributed by atoms with Crippen molar-refractivity contribution in [1.29, 1.82) is 0 Å². The van der Waals surface area contributed by atoms with Crippen molar-refractivity contribution in [2.75, 3.05) is 13.1 Å². The molecular formula is C31H27N4O3P. The monoisotopic (exact) mass is 534 g/mol. The lowest BCUT2D eigenvalue weighted by molar-refractivity contribution is -0.384. The van der Waals surface area contributed by atoms with E-state index in [2.05, 4.69) is 48.5 Å². The summed E-state index contributed by atoms with van der Waals surface area (Å²) in [5, 5.41) is 15.8. The molecule has 7 nitrogen and oxygen atoms in total. The topological polar surface area (TPSA) is 79.0 Å². The molecule has 0 aromatic heterocycles. The molecule has 0 spiro atoms. The maximum absolute atomic E-state index is 14.9. The maximum atomic E-state index is 14.9. The van der Waals surface area contributed by atoms with Gasteiger partial charge in [-0.3, -0.25) is 14.7 Å². The van der Waals surface area contributed by atoms with Crippen molar-refractivity contribution in [3.05, 3.63) is 136 Å². The third kappa shape index (κ3) is 5.00. The molecule has 5 aromatic carbocycles. The van der Waals surface area contributed by atoms with Crippen LogP contribution < -0.4 is 0 Å². The number of nitro benzene ring substituents is 1. The summed E-state index contributed by atoms with van der Waals surface area (Å²) in [5.41, 5.74) is 2.70. The third-order valence-corrected chi connectivity index (χ3v) is 9.83. The van der Waals surface area contributed by atoms with Gasteiger partial charge in [0.15, 0.2) is 0 Å². The van der Waals surface area contributed by atoms with Crippen molar-refractivity contribution in [2.45, 2.75) is 13.1 Å². The standard InChI is InChI=1S/C31H27N4O3P/c36-35(37)29-15-5-8-24(20-29)21-32-39(38)33(22-27-13-6-11-25-9-1-3-16-30(25)27)18-19-34(39)23-28-14-7-12-26-10-2-4-17-31(26)28/h1-17,20-21H,18-19,22-23H2/b32-21+. The number of rotatable bonds is 7. The predicted molar refractivity (Wildman–Crippen MR) is 157 cm³/mol. The van der Waals surface area contributed by atoms with Crippen molar-refractivity contribution in [3.63, 3.8) is 0 Å². The van der Waals surface area contributed by atoms with Crippen molar-refractivity contribution in [2.24, 2.45) is 4.76 Å². The smallest absolute Gasteiger partial charge is 0.262 e. The van der Waals surface area contributed by atoms with Gasteiger partial charge in [0.05, 0.1) is 4.92 Å². The second kappa shape index (κ2) is 10.5. The van der Waals surface area contributed by atoms with Gasteiger partial charge in [0, 0.05) is 44.5 Å². The first-order valence-electron chi connectivity index (χ1n) is 12.9. The summed E-state index contributed by atoms with van der Waals surface area (Å²) in [4.78, 5) is 10.9. The number of non-ortho nitro benzene ring substituents is 1. The van der Waals surface area contributed by atoms with Crippen LogP contribution in [-0.2, 0) is 17.7 Å². The van der Waals surface area contributed by atoms with E-state index in [1.807, 2.05) is 45.7 Å². The van der Waals surface area contributed by atoms with E-state index in [-0.39, 0.29) is 5.69 Å². The van der Waals surface area contributed by atoms with Crippen LogP contribution >= 0.6 is 7.59 Å². The average molecular weight is 535 g/mol. The molecule has 1 heterocycles. The van der Waals surface area contributed by atoms with Gasteiger partial charge in [0.2, 0.25) is 0 Å². The number of nitrogens with zero attached hydrogens (tertiary/aromatic N) is 4. The van der Waals surface area contributed by atoms with Gasteiger partial charge in [-0.15, -0.1) is 0 Å². The Kier molecular flexibility index (Phi) is 6.79. The van der Waals surface area contributed by atoms with Gasteiger partial charge in [0.1, 0.15) is 0 Å². The van der Waals surface area contributed by atoms with Gasteiger partial charge in [-0.2, -0.15) is 0 Å². The van der Waals surface area contributed by atoms with E-state index in [9.17, 15) is 14.7 Å². The first kappa shape index (κ1) is 25.1. The molecule has 0 radical (unpaired) electrons. The van der Waals surface area contributed by atoms with Gasteiger partial charge in [-0.05, 0) is 38.2 Å². The molecular weight excluding hydrogens is 507 g/mol. The van der Waals surface area contributed by atoms with E-state index < -0.39 is 12.5 Å². The first-order valence-corrected chi connectivity index (χ1v) is 14.4. The van der Waals surface area contributed by atoms with Crippen LogP contribution in [0.4, 0.5) is 5.69 Å². The van der Waals surface area contributed by atoms with E-state index in [1.54, 1.807) is 12.1 Å². The van der Waals surface area contributed by atoms with Crippen LogP contribution in [0.15, 0.2) is 114 Å². The lowest BCUT2D eigenvalue weighted by atomic mass is 10.0. The summed E-state index contributed by atoms with van der Waals surface area (Å²) >= 11 is 0. The van der Waals surface area contributed by atoms with Crippen molar-refractivity contribution >= 4 is 41.0 Å². The molecule has 0 bridgehead atoms. The van der Waals surface area contributed by atoms with Crippen LogP contribution in [0.2, 0.25) is 0 Å². The van der Waals surface area contributed by atoms with Crippen LogP contribution in [0.5, 0.6) is 0 Å². The summed E-state index contributed by atoms with van der Waals surface area (Å²) in [7, 11) is -3.42. The lowest BCUT2D eigenvalue weighted by Crippen LogP contribution is -2.19. The predicted octanol–water partition coefficient (Wildman–Crippen LogP) is 7.45. The van der Waals surface area contributed by atoms with Gasteiger partial charge in [-0.1, -0.05) is 97.1 Å². The summed E-state index contributed by atoms with van der Waals surface area (Å²) in [6, 6.07) is 35.0. The van der Waals surface area contributed by atoms with Crippen LogP contribution in [0, 0.1) is 10.1 Å². The van der Waals surface area contributed by atoms with Gasteiger partial charge < -0.3 is 0 Å². The fourth-order valence-corrected chi connectivity index (χ4v) is 7.58. The molecule has 8 heteroatoms. The average Bonchev–Trinajstić information content (AvgIpc) is 3.27. The van der Waals surface area contributed by atoms with Gasteiger partial charge in [-0.25, -0.2) is 14.1 Å². The Morgan fingerprint density at radius 1 is 0.744 bits per heavy atom. The minimum absolute atomic E-state index is 0.0242. The van der Waals surface area contributed by atoms with Crippen LogP contribution in [0.1, 0.15) is 16.7 Å². The molecule has 0 aliphatic carbocycles. The van der Waals surface area contributed by atoms with E-state index in [4.69, 9.17) is 4.76 Å². The molecule has 6 rings (SSSR count). The molecule has 0 amide bonds. The second-order valence-electron chi connectivity index (χ2n) is 9.66. The highest BCUT2D eigenvalue weighted by molar-refractivity contribution is 7.58. The minimum Gasteiger partial charge on any atom is -0.262 e.